The van der Waals surface area contributed by atoms with Gasteiger partial charge in [-0.15, -0.1) is 0 Å². The van der Waals surface area contributed by atoms with Gasteiger partial charge in [-0.3, -0.25) is 14.9 Å². The molecule has 16 heavy (non-hydrogen) atoms. The van der Waals surface area contributed by atoms with Gasteiger partial charge in [-0.2, -0.15) is 0 Å². The molecule has 3 rings (SSSR count). The van der Waals surface area contributed by atoms with E-state index in [9.17, 15) is 9.59 Å². The zero-order valence-corrected chi connectivity index (χ0v) is 10.8. The van der Waals surface area contributed by atoms with Crippen LogP contribution in [0.1, 0.15) is 22.1 Å². The molecule has 1 aliphatic heterocycles. The Kier molecular flexibility index (Phi) is 2.84. The molecule has 1 heterocycles. The van der Waals surface area contributed by atoms with Crippen LogP contribution in [0.25, 0.3) is 10.8 Å². The molecule has 0 spiro atoms. The van der Waals surface area contributed by atoms with Gasteiger partial charge < -0.3 is 1.43 Å². The van der Waals surface area contributed by atoms with Gasteiger partial charge in [-0.05, 0) is 17.5 Å². The summed E-state index contributed by atoms with van der Waals surface area (Å²) in [4.78, 5) is 23.1. The standard InChI is InChI=1S/C12H7NO2.Na.H/c14-11-8-5-1-3-7-4-2-6-9(10(7)8)12(15)13-11;;/h1-6H,(H,13,14,15);;/q;+1;-1. The van der Waals surface area contributed by atoms with Crippen molar-refractivity contribution < 1.29 is 40.6 Å². The molecule has 0 saturated heterocycles. The Morgan fingerprint density at radius 3 is 1.88 bits per heavy atom. The van der Waals surface area contributed by atoms with Crippen molar-refractivity contribution in [2.75, 3.05) is 0 Å². The SMILES string of the molecule is O=C1NC(=O)c2cccc3cccc1c23.[H-].[Na+]. The second-order valence-corrected chi connectivity index (χ2v) is 3.49. The summed E-state index contributed by atoms with van der Waals surface area (Å²) in [7, 11) is 0. The molecule has 0 atom stereocenters. The second kappa shape index (κ2) is 4.01. The summed E-state index contributed by atoms with van der Waals surface area (Å²) >= 11 is 0. The van der Waals surface area contributed by atoms with E-state index < -0.39 is 0 Å². The third-order valence-corrected chi connectivity index (χ3v) is 2.62. The Morgan fingerprint density at radius 2 is 1.38 bits per heavy atom. The maximum absolute atomic E-state index is 11.6. The van der Waals surface area contributed by atoms with Crippen molar-refractivity contribution in [3.05, 3.63) is 47.5 Å². The Hall–Kier alpha value is -1.16. The fourth-order valence-electron chi connectivity index (χ4n) is 1.96. The van der Waals surface area contributed by atoms with E-state index in [1.165, 1.54) is 0 Å². The molecule has 0 radical (unpaired) electrons. The monoisotopic (exact) mass is 221 g/mol. The van der Waals surface area contributed by atoms with E-state index in [4.69, 9.17) is 0 Å². The van der Waals surface area contributed by atoms with Crippen molar-refractivity contribution in [2.24, 2.45) is 0 Å². The van der Waals surface area contributed by atoms with Gasteiger partial charge in [-0.25, -0.2) is 0 Å². The fraction of sp³-hybridized carbons (Fsp3) is 0. The quantitative estimate of drug-likeness (QED) is 0.450. The van der Waals surface area contributed by atoms with Gasteiger partial charge in [0.15, 0.2) is 0 Å². The predicted octanol–water partition coefficient (Wildman–Crippen LogP) is -1.16. The third-order valence-electron chi connectivity index (χ3n) is 2.62. The Balaban J connectivity index is 0.000000722. The number of rotatable bonds is 0. The summed E-state index contributed by atoms with van der Waals surface area (Å²) in [5.74, 6) is -0.631. The molecule has 2 aromatic carbocycles. The van der Waals surface area contributed by atoms with E-state index in [0.717, 1.165) is 10.8 Å². The number of nitrogens with one attached hydrogen (secondary N) is 1. The van der Waals surface area contributed by atoms with Crippen LogP contribution in [0.4, 0.5) is 0 Å². The number of carbonyl (C=O) groups excluding carboxylic acids is 2. The molecule has 4 heteroatoms. The minimum absolute atomic E-state index is 0. The van der Waals surface area contributed by atoms with Crippen LogP contribution in [0.3, 0.4) is 0 Å². The molecular formula is C12H8NNaO2. The van der Waals surface area contributed by atoms with E-state index in [1.54, 1.807) is 12.1 Å². The van der Waals surface area contributed by atoms with E-state index in [2.05, 4.69) is 5.32 Å². The average Bonchev–Trinajstić information content (AvgIpc) is 2.25. The van der Waals surface area contributed by atoms with E-state index in [1.807, 2.05) is 24.3 Å². The van der Waals surface area contributed by atoms with Gasteiger partial charge in [0.1, 0.15) is 0 Å². The van der Waals surface area contributed by atoms with Crippen LogP contribution < -0.4 is 34.9 Å². The first-order valence-corrected chi connectivity index (χ1v) is 4.65. The molecule has 0 aromatic heterocycles. The summed E-state index contributed by atoms with van der Waals surface area (Å²) in [6.45, 7) is 0. The first kappa shape index (κ1) is 11.3. The fourth-order valence-corrected chi connectivity index (χ4v) is 1.96. The molecule has 1 aliphatic rings. The molecule has 0 aliphatic carbocycles. The number of imide groups is 1. The first-order chi connectivity index (χ1) is 7.27. The van der Waals surface area contributed by atoms with Crippen LogP contribution in [0.5, 0.6) is 0 Å². The van der Waals surface area contributed by atoms with Gasteiger partial charge in [0.2, 0.25) is 0 Å². The van der Waals surface area contributed by atoms with Gasteiger partial charge in [-0.1, -0.05) is 24.3 Å². The minimum atomic E-state index is -0.315. The topological polar surface area (TPSA) is 46.2 Å². The Labute approximate surface area is 116 Å². The molecule has 1 N–H and O–H groups in total. The number of benzene rings is 2. The number of hydrogen-bond donors (Lipinski definition) is 1. The molecular weight excluding hydrogens is 213 g/mol. The summed E-state index contributed by atoms with van der Waals surface area (Å²) in [6.07, 6.45) is 0. The van der Waals surface area contributed by atoms with Crippen molar-refractivity contribution in [1.82, 2.24) is 5.32 Å². The van der Waals surface area contributed by atoms with Gasteiger partial charge >= 0.3 is 29.6 Å². The van der Waals surface area contributed by atoms with Crippen molar-refractivity contribution in [2.45, 2.75) is 0 Å². The average molecular weight is 221 g/mol. The predicted molar refractivity (Wildman–Crippen MR) is 56.9 cm³/mol. The molecule has 0 saturated carbocycles. The maximum atomic E-state index is 11.6. The number of hydrogen-bond acceptors (Lipinski definition) is 2. The van der Waals surface area contributed by atoms with Gasteiger partial charge in [0.25, 0.3) is 11.8 Å². The first-order valence-electron chi connectivity index (χ1n) is 4.65. The Bertz CT molecular complexity index is 564. The summed E-state index contributed by atoms with van der Waals surface area (Å²) in [6, 6.07) is 10.9. The molecule has 0 unspecified atom stereocenters. The van der Waals surface area contributed by atoms with Crippen molar-refractivity contribution >= 4 is 22.6 Å². The largest absolute Gasteiger partial charge is 1.00 e. The molecule has 2 amide bonds. The van der Waals surface area contributed by atoms with Gasteiger partial charge in [0.05, 0.1) is 0 Å². The van der Waals surface area contributed by atoms with Crippen LogP contribution in [0.15, 0.2) is 36.4 Å². The second-order valence-electron chi connectivity index (χ2n) is 3.49. The summed E-state index contributed by atoms with van der Waals surface area (Å²) in [5, 5.41) is 4.00. The van der Waals surface area contributed by atoms with Crippen LogP contribution in [0, 0.1) is 0 Å². The van der Waals surface area contributed by atoms with Crippen LogP contribution >= 0.6 is 0 Å². The van der Waals surface area contributed by atoms with E-state index in [-0.39, 0.29) is 42.8 Å². The zero-order chi connectivity index (χ0) is 10.4. The van der Waals surface area contributed by atoms with E-state index >= 15 is 0 Å². The van der Waals surface area contributed by atoms with Crippen molar-refractivity contribution in [1.29, 1.82) is 0 Å². The molecule has 0 bridgehead atoms. The molecule has 2 aromatic rings. The smallest absolute Gasteiger partial charge is 1.00 e. The van der Waals surface area contributed by atoms with Crippen LogP contribution in [-0.2, 0) is 0 Å². The normalized spacial score (nSPS) is 13.2. The Morgan fingerprint density at radius 1 is 0.875 bits per heavy atom. The molecule has 0 fully saturated rings. The van der Waals surface area contributed by atoms with Crippen LogP contribution in [-0.4, -0.2) is 11.8 Å². The summed E-state index contributed by atoms with van der Waals surface area (Å²) < 4.78 is 0. The maximum Gasteiger partial charge on any atom is 1.00 e. The summed E-state index contributed by atoms with van der Waals surface area (Å²) in [5.41, 5.74) is 1.14. The number of amides is 2. The molecule has 3 nitrogen and oxygen atoms in total. The minimum Gasteiger partial charge on any atom is -1.00 e. The third kappa shape index (κ3) is 1.48. The van der Waals surface area contributed by atoms with E-state index in [0.29, 0.717) is 11.1 Å². The van der Waals surface area contributed by atoms with Gasteiger partial charge in [0, 0.05) is 16.5 Å². The van der Waals surface area contributed by atoms with Crippen LogP contribution in [0.2, 0.25) is 0 Å². The van der Waals surface area contributed by atoms with Crippen molar-refractivity contribution in [3.63, 3.8) is 0 Å². The van der Waals surface area contributed by atoms with Crippen molar-refractivity contribution in [3.8, 4) is 0 Å². The number of carbonyl (C=O) groups is 2. The molecule has 74 valence electrons. The zero-order valence-electron chi connectivity index (χ0n) is 9.78.